The average Bonchev–Trinajstić information content (AvgIpc) is 1.99. The zero-order valence-electron chi connectivity index (χ0n) is 9.97. The van der Waals surface area contributed by atoms with Gasteiger partial charge in [-0.3, -0.25) is 0 Å². The lowest BCUT2D eigenvalue weighted by Gasteiger charge is -2.20. The predicted molar refractivity (Wildman–Crippen MR) is 62.5 cm³/mol. The van der Waals surface area contributed by atoms with E-state index < -0.39 is 5.67 Å². The fraction of sp³-hybridized carbons (Fsp3) is 0.538. The Labute approximate surface area is 91.5 Å². The molecule has 0 aliphatic heterocycles. The maximum atomic E-state index is 13.7. The molecule has 0 radical (unpaired) electrons. The number of rotatable bonds is 3. The SMILES string of the molecule is CC(C)(N)Cc1cccc(C(C)(C)F)c1. The second kappa shape index (κ2) is 3.93. The first-order valence-corrected chi connectivity index (χ1v) is 5.26. The maximum Gasteiger partial charge on any atom is 0.130 e. The number of hydrogen-bond donors (Lipinski definition) is 1. The Morgan fingerprint density at radius 2 is 1.80 bits per heavy atom. The molecule has 0 aliphatic rings. The van der Waals surface area contributed by atoms with Crippen molar-refractivity contribution in [3.63, 3.8) is 0 Å². The average molecular weight is 209 g/mol. The van der Waals surface area contributed by atoms with Crippen molar-refractivity contribution in [2.75, 3.05) is 0 Å². The van der Waals surface area contributed by atoms with Gasteiger partial charge in [0, 0.05) is 5.54 Å². The van der Waals surface area contributed by atoms with Crippen molar-refractivity contribution in [2.24, 2.45) is 5.73 Å². The molecule has 1 aromatic rings. The summed E-state index contributed by atoms with van der Waals surface area (Å²) in [5.74, 6) is 0. The van der Waals surface area contributed by atoms with E-state index in [1.54, 1.807) is 13.8 Å². The van der Waals surface area contributed by atoms with Crippen molar-refractivity contribution in [1.82, 2.24) is 0 Å². The van der Waals surface area contributed by atoms with Crippen LogP contribution < -0.4 is 5.73 Å². The van der Waals surface area contributed by atoms with Crippen LogP contribution in [0.2, 0.25) is 0 Å². The van der Waals surface area contributed by atoms with Gasteiger partial charge >= 0.3 is 0 Å². The lowest BCUT2D eigenvalue weighted by atomic mass is 9.92. The number of hydrogen-bond acceptors (Lipinski definition) is 1. The third-order valence-electron chi connectivity index (χ3n) is 2.27. The number of benzene rings is 1. The summed E-state index contributed by atoms with van der Waals surface area (Å²) in [6.07, 6.45) is 0.761. The molecule has 1 aromatic carbocycles. The van der Waals surface area contributed by atoms with Gasteiger partial charge in [-0.2, -0.15) is 0 Å². The first-order valence-electron chi connectivity index (χ1n) is 5.26. The molecule has 2 heteroatoms. The van der Waals surface area contributed by atoms with Crippen LogP contribution in [0.25, 0.3) is 0 Å². The predicted octanol–water partition coefficient (Wildman–Crippen LogP) is 3.17. The fourth-order valence-corrected chi connectivity index (χ4v) is 1.58. The van der Waals surface area contributed by atoms with Crippen LogP contribution in [-0.4, -0.2) is 5.54 Å². The van der Waals surface area contributed by atoms with Crippen molar-refractivity contribution in [2.45, 2.75) is 45.3 Å². The third-order valence-corrected chi connectivity index (χ3v) is 2.27. The molecule has 0 aliphatic carbocycles. The van der Waals surface area contributed by atoms with Gasteiger partial charge in [0.2, 0.25) is 0 Å². The van der Waals surface area contributed by atoms with Gasteiger partial charge in [0.25, 0.3) is 0 Å². The van der Waals surface area contributed by atoms with Crippen LogP contribution in [0.5, 0.6) is 0 Å². The smallest absolute Gasteiger partial charge is 0.130 e. The lowest BCUT2D eigenvalue weighted by molar-refractivity contribution is 0.221. The minimum Gasteiger partial charge on any atom is -0.325 e. The van der Waals surface area contributed by atoms with Gasteiger partial charge in [-0.25, -0.2) is 4.39 Å². The Morgan fingerprint density at radius 1 is 1.20 bits per heavy atom. The summed E-state index contributed by atoms with van der Waals surface area (Å²) in [7, 11) is 0. The Morgan fingerprint density at radius 3 is 2.27 bits per heavy atom. The zero-order valence-corrected chi connectivity index (χ0v) is 9.97. The van der Waals surface area contributed by atoms with E-state index in [1.165, 1.54) is 0 Å². The Bertz CT molecular complexity index is 331. The molecular formula is C13H20FN. The minimum absolute atomic E-state index is 0.251. The molecule has 0 spiro atoms. The second-order valence-corrected chi connectivity index (χ2v) is 5.34. The molecule has 0 amide bonds. The molecule has 0 saturated carbocycles. The van der Waals surface area contributed by atoms with Gasteiger partial charge in [-0.15, -0.1) is 0 Å². The molecule has 0 aromatic heterocycles. The van der Waals surface area contributed by atoms with Crippen LogP contribution in [0.3, 0.4) is 0 Å². The maximum absolute atomic E-state index is 13.7. The molecule has 0 unspecified atom stereocenters. The van der Waals surface area contributed by atoms with Crippen molar-refractivity contribution >= 4 is 0 Å². The number of alkyl halides is 1. The van der Waals surface area contributed by atoms with Gasteiger partial charge in [0.15, 0.2) is 0 Å². The second-order valence-electron chi connectivity index (χ2n) is 5.34. The Kier molecular flexibility index (Phi) is 3.19. The Balaban J connectivity index is 2.94. The highest BCUT2D eigenvalue weighted by molar-refractivity contribution is 5.28. The molecule has 0 heterocycles. The lowest BCUT2D eigenvalue weighted by Crippen LogP contribution is -2.34. The van der Waals surface area contributed by atoms with E-state index in [9.17, 15) is 4.39 Å². The summed E-state index contributed by atoms with van der Waals surface area (Å²) < 4.78 is 13.7. The summed E-state index contributed by atoms with van der Waals surface area (Å²) in [4.78, 5) is 0. The minimum atomic E-state index is -1.28. The highest BCUT2D eigenvalue weighted by Crippen LogP contribution is 2.25. The van der Waals surface area contributed by atoms with Crippen molar-refractivity contribution in [1.29, 1.82) is 0 Å². The van der Waals surface area contributed by atoms with Gasteiger partial charge < -0.3 is 5.73 Å². The molecule has 84 valence electrons. The standard InChI is InChI=1S/C13H20FN/c1-12(2,15)9-10-6-5-7-11(8-10)13(3,4)14/h5-8H,9,15H2,1-4H3. The highest BCUT2D eigenvalue weighted by atomic mass is 19.1. The molecule has 0 saturated heterocycles. The van der Waals surface area contributed by atoms with Crippen molar-refractivity contribution < 1.29 is 4.39 Å². The summed E-state index contributed by atoms with van der Waals surface area (Å²) in [6.45, 7) is 7.08. The van der Waals surface area contributed by atoms with Crippen molar-refractivity contribution in [3.05, 3.63) is 35.4 Å². The summed E-state index contributed by atoms with van der Waals surface area (Å²) >= 11 is 0. The summed E-state index contributed by atoms with van der Waals surface area (Å²) in [6, 6.07) is 7.59. The van der Waals surface area contributed by atoms with Crippen LogP contribution >= 0.6 is 0 Å². The van der Waals surface area contributed by atoms with Crippen LogP contribution in [0, 0.1) is 0 Å². The van der Waals surface area contributed by atoms with Gasteiger partial charge in [-0.1, -0.05) is 24.3 Å². The molecular weight excluding hydrogens is 189 g/mol. The topological polar surface area (TPSA) is 26.0 Å². The molecule has 1 nitrogen and oxygen atoms in total. The van der Waals surface area contributed by atoms with Gasteiger partial charge in [-0.05, 0) is 45.2 Å². The quantitative estimate of drug-likeness (QED) is 0.813. The van der Waals surface area contributed by atoms with E-state index in [2.05, 4.69) is 0 Å². The fourth-order valence-electron chi connectivity index (χ4n) is 1.58. The first kappa shape index (κ1) is 12.2. The van der Waals surface area contributed by atoms with E-state index >= 15 is 0 Å². The van der Waals surface area contributed by atoms with E-state index in [0.29, 0.717) is 5.56 Å². The summed E-state index contributed by atoms with van der Waals surface area (Å²) in [5.41, 5.74) is 6.20. The summed E-state index contributed by atoms with van der Waals surface area (Å²) in [5, 5.41) is 0. The largest absolute Gasteiger partial charge is 0.325 e. The number of halogens is 1. The zero-order chi connectivity index (χ0) is 11.7. The van der Waals surface area contributed by atoms with Crippen LogP contribution in [0.4, 0.5) is 4.39 Å². The van der Waals surface area contributed by atoms with Crippen LogP contribution in [0.1, 0.15) is 38.8 Å². The van der Waals surface area contributed by atoms with E-state index in [4.69, 9.17) is 5.73 Å². The molecule has 0 fully saturated rings. The Hall–Kier alpha value is -0.890. The van der Waals surface area contributed by atoms with E-state index in [1.807, 2.05) is 38.1 Å². The van der Waals surface area contributed by atoms with Gasteiger partial charge in [0.05, 0.1) is 0 Å². The molecule has 15 heavy (non-hydrogen) atoms. The van der Waals surface area contributed by atoms with Crippen LogP contribution in [-0.2, 0) is 12.1 Å². The third kappa shape index (κ3) is 4.00. The van der Waals surface area contributed by atoms with E-state index in [-0.39, 0.29) is 5.54 Å². The molecule has 2 N–H and O–H groups in total. The monoisotopic (exact) mass is 209 g/mol. The molecule has 0 bridgehead atoms. The van der Waals surface area contributed by atoms with Crippen molar-refractivity contribution in [3.8, 4) is 0 Å². The molecule has 1 rings (SSSR count). The first-order chi connectivity index (χ1) is 6.68. The van der Waals surface area contributed by atoms with E-state index in [0.717, 1.165) is 12.0 Å². The molecule has 0 atom stereocenters. The van der Waals surface area contributed by atoms with Gasteiger partial charge in [0.1, 0.15) is 5.67 Å². The van der Waals surface area contributed by atoms with Crippen LogP contribution in [0.15, 0.2) is 24.3 Å². The number of nitrogens with two attached hydrogens (primary N) is 1. The highest BCUT2D eigenvalue weighted by Gasteiger charge is 2.19. The normalized spacial score (nSPS) is 12.9.